The average molecular weight is 527 g/mol. The zero-order valence-electron chi connectivity index (χ0n) is 21.9. The summed E-state index contributed by atoms with van der Waals surface area (Å²) in [6.45, 7) is 9.16. The van der Waals surface area contributed by atoms with Crippen molar-refractivity contribution in [2.45, 2.75) is 0 Å². The van der Waals surface area contributed by atoms with Crippen LogP contribution in [-0.2, 0) is 9.53 Å². The molecule has 2 N–H and O–H groups in total. The Hall–Kier alpha value is -4.34. The molecule has 39 heavy (non-hydrogen) atoms. The van der Waals surface area contributed by atoms with Crippen LogP contribution in [0.25, 0.3) is 22.0 Å². The molecule has 0 atom stereocenters. The van der Waals surface area contributed by atoms with Crippen LogP contribution in [0.4, 0.5) is 27.4 Å². The number of aromatic nitrogens is 2. The van der Waals surface area contributed by atoms with Gasteiger partial charge in [-0.1, -0.05) is 24.8 Å². The van der Waals surface area contributed by atoms with Gasteiger partial charge in [-0.3, -0.25) is 9.69 Å². The summed E-state index contributed by atoms with van der Waals surface area (Å²) in [7, 11) is 1.74. The predicted molar refractivity (Wildman–Crippen MR) is 154 cm³/mol. The fraction of sp³-hybridized carbons (Fsp3) is 0.233. The Morgan fingerprint density at radius 3 is 2.56 bits per heavy atom. The molecule has 1 aromatic heterocycles. The van der Waals surface area contributed by atoms with Crippen molar-refractivity contribution in [3.05, 3.63) is 85.3 Å². The Balaban J connectivity index is 1.34. The quantitative estimate of drug-likeness (QED) is 0.295. The zero-order valence-corrected chi connectivity index (χ0v) is 21.9. The van der Waals surface area contributed by atoms with Crippen molar-refractivity contribution in [3.63, 3.8) is 0 Å². The summed E-state index contributed by atoms with van der Waals surface area (Å²) < 4.78 is 20.1. The first-order chi connectivity index (χ1) is 19.0. The van der Waals surface area contributed by atoms with Crippen molar-refractivity contribution >= 4 is 39.8 Å². The molecule has 1 aliphatic rings. The molecule has 8 nitrogen and oxygen atoms in total. The maximum absolute atomic E-state index is 14.9. The van der Waals surface area contributed by atoms with E-state index in [1.807, 2.05) is 24.3 Å². The van der Waals surface area contributed by atoms with E-state index < -0.39 is 5.82 Å². The highest BCUT2D eigenvalue weighted by Crippen LogP contribution is 2.32. The summed E-state index contributed by atoms with van der Waals surface area (Å²) in [4.78, 5) is 25.7. The largest absolute Gasteiger partial charge is 0.383 e. The van der Waals surface area contributed by atoms with Crippen molar-refractivity contribution < 1.29 is 13.9 Å². The highest BCUT2D eigenvalue weighted by molar-refractivity contribution is 6.00. The van der Waals surface area contributed by atoms with E-state index in [1.165, 1.54) is 23.9 Å². The Labute approximate surface area is 227 Å². The third kappa shape index (κ3) is 6.22. The van der Waals surface area contributed by atoms with Crippen LogP contribution in [0.2, 0.25) is 0 Å². The molecule has 1 aliphatic heterocycles. The van der Waals surface area contributed by atoms with Crippen LogP contribution in [0.15, 0.2) is 79.5 Å². The number of halogens is 1. The van der Waals surface area contributed by atoms with E-state index in [0.29, 0.717) is 28.3 Å². The Morgan fingerprint density at radius 2 is 1.82 bits per heavy atom. The number of carbonyl (C=O) groups is 1. The first kappa shape index (κ1) is 26.3. The Kier molecular flexibility index (Phi) is 8.10. The third-order valence-corrected chi connectivity index (χ3v) is 6.79. The molecule has 200 valence electrons. The zero-order chi connectivity index (χ0) is 27.2. The number of anilines is 4. The maximum Gasteiger partial charge on any atom is 0.247 e. The number of rotatable bonds is 9. The molecule has 2 heterocycles. The molecule has 0 aliphatic carbocycles. The lowest BCUT2D eigenvalue weighted by Gasteiger charge is -2.36. The number of hydrogen-bond acceptors (Lipinski definition) is 7. The number of carbonyl (C=O) groups excluding carboxylic acids is 1. The number of ether oxygens (including phenoxy) is 1. The lowest BCUT2D eigenvalue weighted by atomic mass is 10.0. The molecule has 1 amide bonds. The highest BCUT2D eigenvalue weighted by atomic mass is 19.1. The standard InChI is InChI=1S/C30H31FN6O2/c1-3-28(38)33-23-9-12-27(31)26(19-23)25-6-4-5-21-20-32-30(35-29(21)25)34-22-7-10-24(11-8-22)37-15-13-36(14-16-37)17-18-39-2/h3-12,19-20H,1,13-18H2,2H3,(H,33,38)(H,32,34,35). The van der Waals surface area contributed by atoms with Crippen LogP contribution in [0.1, 0.15) is 0 Å². The minimum Gasteiger partial charge on any atom is -0.383 e. The van der Waals surface area contributed by atoms with Gasteiger partial charge in [0.15, 0.2) is 0 Å². The molecule has 4 aromatic rings. The minimum absolute atomic E-state index is 0.332. The van der Waals surface area contributed by atoms with Gasteiger partial charge in [0.1, 0.15) is 5.82 Å². The second kappa shape index (κ2) is 12.0. The monoisotopic (exact) mass is 526 g/mol. The summed E-state index contributed by atoms with van der Waals surface area (Å²) in [6, 6.07) is 18.2. The first-order valence-corrected chi connectivity index (χ1v) is 12.9. The van der Waals surface area contributed by atoms with Gasteiger partial charge in [0.25, 0.3) is 0 Å². The summed E-state index contributed by atoms with van der Waals surface area (Å²) >= 11 is 0. The maximum atomic E-state index is 14.9. The molecule has 0 unspecified atom stereocenters. The van der Waals surface area contributed by atoms with Crippen LogP contribution in [0, 0.1) is 5.82 Å². The average Bonchev–Trinajstić information content (AvgIpc) is 2.97. The lowest BCUT2D eigenvalue weighted by molar-refractivity contribution is -0.111. The van der Waals surface area contributed by atoms with Crippen LogP contribution >= 0.6 is 0 Å². The lowest BCUT2D eigenvalue weighted by Crippen LogP contribution is -2.47. The number of nitrogens with one attached hydrogen (secondary N) is 2. The number of benzene rings is 3. The normalized spacial score (nSPS) is 13.8. The van der Waals surface area contributed by atoms with Crippen molar-refractivity contribution in [3.8, 4) is 11.1 Å². The smallest absolute Gasteiger partial charge is 0.247 e. The van der Waals surface area contributed by atoms with Gasteiger partial charge in [0, 0.05) is 79.6 Å². The van der Waals surface area contributed by atoms with Crippen molar-refractivity contribution in [2.24, 2.45) is 0 Å². The van der Waals surface area contributed by atoms with Gasteiger partial charge in [-0.25, -0.2) is 14.4 Å². The molecule has 0 radical (unpaired) electrons. The van der Waals surface area contributed by atoms with E-state index in [0.717, 1.165) is 50.4 Å². The van der Waals surface area contributed by atoms with Gasteiger partial charge in [0.05, 0.1) is 12.1 Å². The summed E-state index contributed by atoms with van der Waals surface area (Å²) in [5, 5.41) is 6.73. The molecule has 0 bridgehead atoms. The Morgan fingerprint density at radius 1 is 1.05 bits per heavy atom. The van der Waals surface area contributed by atoms with Crippen LogP contribution < -0.4 is 15.5 Å². The number of amides is 1. The van der Waals surface area contributed by atoms with Gasteiger partial charge in [0.2, 0.25) is 11.9 Å². The van der Waals surface area contributed by atoms with Crippen LogP contribution in [0.5, 0.6) is 0 Å². The molecule has 1 fully saturated rings. The van der Waals surface area contributed by atoms with E-state index in [-0.39, 0.29) is 5.91 Å². The van der Waals surface area contributed by atoms with E-state index in [1.54, 1.807) is 25.4 Å². The first-order valence-electron chi connectivity index (χ1n) is 12.9. The highest BCUT2D eigenvalue weighted by Gasteiger charge is 2.17. The van der Waals surface area contributed by atoms with E-state index >= 15 is 0 Å². The van der Waals surface area contributed by atoms with Crippen molar-refractivity contribution in [1.29, 1.82) is 0 Å². The van der Waals surface area contributed by atoms with Crippen LogP contribution in [-0.4, -0.2) is 67.2 Å². The third-order valence-electron chi connectivity index (χ3n) is 6.79. The topological polar surface area (TPSA) is 82.6 Å². The number of para-hydroxylation sites is 1. The molecule has 0 saturated carbocycles. The van der Waals surface area contributed by atoms with Gasteiger partial charge < -0.3 is 20.3 Å². The van der Waals surface area contributed by atoms with Gasteiger partial charge in [-0.2, -0.15) is 0 Å². The number of methoxy groups -OCH3 is 1. The second-order valence-corrected chi connectivity index (χ2v) is 9.32. The minimum atomic E-state index is -0.414. The van der Waals surface area contributed by atoms with Gasteiger partial charge >= 0.3 is 0 Å². The summed E-state index contributed by atoms with van der Waals surface area (Å²) in [5.74, 6) is -0.372. The second-order valence-electron chi connectivity index (χ2n) is 9.32. The van der Waals surface area contributed by atoms with Crippen molar-refractivity contribution in [1.82, 2.24) is 14.9 Å². The summed E-state index contributed by atoms with van der Waals surface area (Å²) in [5.41, 5.74) is 4.03. The molecule has 3 aromatic carbocycles. The fourth-order valence-electron chi connectivity index (χ4n) is 4.67. The Bertz CT molecular complexity index is 1470. The van der Waals surface area contributed by atoms with Gasteiger partial charge in [-0.15, -0.1) is 0 Å². The molecule has 1 saturated heterocycles. The van der Waals surface area contributed by atoms with Crippen LogP contribution in [0.3, 0.4) is 0 Å². The number of nitrogens with zero attached hydrogens (tertiary/aromatic N) is 4. The number of hydrogen-bond donors (Lipinski definition) is 2. The molecule has 9 heteroatoms. The number of fused-ring (bicyclic) bond motifs is 1. The molecular formula is C30H31FN6O2. The van der Waals surface area contributed by atoms with Gasteiger partial charge in [-0.05, 0) is 48.5 Å². The van der Waals surface area contributed by atoms with E-state index in [2.05, 4.69) is 44.1 Å². The predicted octanol–water partition coefficient (Wildman–Crippen LogP) is 5.07. The number of piperazine rings is 1. The van der Waals surface area contributed by atoms with Crippen molar-refractivity contribution in [2.75, 3.05) is 62.0 Å². The molecule has 5 rings (SSSR count). The summed E-state index contributed by atoms with van der Waals surface area (Å²) in [6.07, 6.45) is 2.88. The fourth-order valence-corrected chi connectivity index (χ4v) is 4.67. The van der Waals surface area contributed by atoms with E-state index in [4.69, 9.17) is 9.72 Å². The molecule has 0 spiro atoms. The van der Waals surface area contributed by atoms with E-state index in [9.17, 15) is 9.18 Å². The molecular weight excluding hydrogens is 495 g/mol. The SMILES string of the molecule is C=CC(=O)Nc1ccc(F)c(-c2cccc3cnc(Nc4ccc(N5CCN(CCOC)CC5)cc4)nc23)c1.